The molecule has 0 saturated carbocycles. The molecule has 28 heavy (non-hydrogen) atoms. The van der Waals surface area contributed by atoms with E-state index < -0.39 is 18.5 Å². The smallest absolute Gasteiger partial charge is 0.407 e. The quantitative estimate of drug-likeness (QED) is 0.194. The zero-order chi connectivity index (χ0) is 20.6. The maximum atomic E-state index is 11.7. The number of hydrogen-bond acceptors (Lipinski definition) is 9. The molecule has 0 aliphatic carbocycles. The molecule has 0 fully saturated rings. The number of carbonyl (C=O) groups is 2. The number of rotatable bonds is 14. The average molecular weight is 434 g/mol. The van der Waals surface area contributed by atoms with Crippen LogP contribution in [0.3, 0.4) is 0 Å². The Bertz CT molecular complexity index is 563. The summed E-state index contributed by atoms with van der Waals surface area (Å²) in [5, 5.41) is 24.6. The summed E-state index contributed by atoms with van der Waals surface area (Å²) in [4.78, 5) is 27.4. The molecular formula is C17H27N3O6S2. The van der Waals surface area contributed by atoms with E-state index in [1.54, 1.807) is 34.7 Å². The number of nitrogens with one attached hydrogen (secondary N) is 2. The Morgan fingerprint density at radius 2 is 2.11 bits per heavy atom. The van der Waals surface area contributed by atoms with E-state index in [1.807, 2.05) is 18.2 Å². The van der Waals surface area contributed by atoms with Gasteiger partial charge in [0.05, 0.1) is 12.7 Å². The fourth-order valence-electron chi connectivity index (χ4n) is 1.82. The van der Waals surface area contributed by atoms with Crippen molar-refractivity contribution < 1.29 is 29.3 Å². The first kappa shape index (κ1) is 24.5. The average Bonchev–Trinajstić information content (AvgIpc) is 2.71. The van der Waals surface area contributed by atoms with Crippen molar-refractivity contribution in [2.45, 2.75) is 37.2 Å². The highest BCUT2D eigenvalue weighted by Gasteiger charge is 2.14. The van der Waals surface area contributed by atoms with Crippen molar-refractivity contribution in [2.75, 3.05) is 32.1 Å². The molecule has 4 N–H and O–H groups in total. The summed E-state index contributed by atoms with van der Waals surface area (Å²) in [6.07, 6.45) is -0.203. The standard InChI is InChI=1S/C17H27N3O6S2/c1-2-13(11-21)26-16(23)12-25-17(24)20-8-6-14(22)18-9-10-27-28-15-5-3-4-7-19-15/h3-5,7,13,16,21,23H,2,6,8-12H2,1H3,(H,18,22)(H,20,24). The Kier molecular flexibility index (Phi) is 13.5. The van der Waals surface area contributed by atoms with Crippen LogP contribution in [-0.4, -0.2) is 71.6 Å². The van der Waals surface area contributed by atoms with Crippen molar-refractivity contribution in [1.82, 2.24) is 15.6 Å². The minimum absolute atomic E-state index is 0.117. The largest absolute Gasteiger partial charge is 0.444 e. The first-order valence-corrected chi connectivity index (χ1v) is 11.2. The van der Waals surface area contributed by atoms with Gasteiger partial charge in [-0.25, -0.2) is 9.78 Å². The van der Waals surface area contributed by atoms with Crippen LogP contribution in [0, 0.1) is 0 Å². The first-order chi connectivity index (χ1) is 13.5. The van der Waals surface area contributed by atoms with Crippen molar-refractivity contribution in [2.24, 2.45) is 0 Å². The SMILES string of the molecule is CCC(CO)OC(O)COC(=O)NCCC(=O)NCCSSc1ccccn1. The number of carbonyl (C=O) groups excluding carboxylic acids is 2. The van der Waals surface area contributed by atoms with Crippen LogP contribution < -0.4 is 10.6 Å². The molecule has 1 aromatic heterocycles. The number of nitrogens with zero attached hydrogens (tertiary/aromatic N) is 1. The molecule has 1 aromatic rings. The van der Waals surface area contributed by atoms with Crippen molar-refractivity contribution in [3.63, 3.8) is 0 Å². The van der Waals surface area contributed by atoms with Crippen LogP contribution in [0.1, 0.15) is 19.8 Å². The summed E-state index contributed by atoms with van der Waals surface area (Å²) in [5.74, 6) is 0.549. The minimum atomic E-state index is -1.31. The highest BCUT2D eigenvalue weighted by Crippen LogP contribution is 2.28. The Hall–Kier alpha value is -1.53. The van der Waals surface area contributed by atoms with Gasteiger partial charge >= 0.3 is 6.09 Å². The number of aliphatic hydroxyl groups excluding tert-OH is 2. The van der Waals surface area contributed by atoms with E-state index in [0.717, 1.165) is 10.8 Å². The lowest BCUT2D eigenvalue weighted by Crippen LogP contribution is -2.34. The summed E-state index contributed by atoms with van der Waals surface area (Å²) in [7, 11) is 3.14. The summed E-state index contributed by atoms with van der Waals surface area (Å²) in [6, 6.07) is 5.69. The predicted octanol–water partition coefficient (Wildman–Crippen LogP) is 1.16. The molecule has 9 nitrogen and oxygen atoms in total. The van der Waals surface area contributed by atoms with E-state index >= 15 is 0 Å². The molecule has 0 aromatic carbocycles. The van der Waals surface area contributed by atoms with Crippen LogP contribution in [0.15, 0.2) is 29.4 Å². The van der Waals surface area contributed by atoms with Crippen molar-refractivity contribution in [3.8, 4) is 0 Å². The third kappa shape index (κ3) is 12.0. The highest BCUT2D eigenvalue weighted by atomic mass is 33.1. The van der Waals surface area contributed by atoms with Gasteiger partial charge in [0.25, 0.3) is 0 Å². The second kappa shape index (κ2) is 15.4. The topological polar surface area (TPSA) is 130 Å². The molecule has 0 spiro atoms. The van der Waals surface area contributed by atoms with Gasteiger partial charge in [-0.3, -0.25) is 4.79 Å². The molecule has 0 radical (unpaired) electrons. The zero-order valence-electron chi connectivity index (χ0n) is 15.7. The van der Waals surface area contributed by atoms with E-state index in [-0.39, 0.29) is 32.1 Å². The third-order valence-electron chi connectivity index (χ3n) is 3.28. The molecule has 1 heterocycles. The van der Waals surface area contributed by atoms with Gasteiger partial charge in [0.15, 0.2) is 6.29 Å². The second-order valence-corrected chi connectivity index (χ2v) is 7.94. The number of pyridine rings is 1. The van der Waals surface area contributed by atoms with E-state index in [2.05, 4.69) is 15.6 Å². The Labute approximate surface area is 172 Å². The molecule has 2 unspecified atom stereocenters. The maximum absolute atomic E-state index is 11.7. The molecule has 1 rings (SSSR count). The number of amides is 2. The van der Waals surface area contributed by atoms with E-state index in [0.29, 0.717) is 13.0 Å². The number of aromatic nitrogens is 1. The molecule has 158 valence electrons. The molecule has 2 atom stereocenters. The van der Waals surface area contributed by atoms with Gasteiger partial charge in [-0.15, -0.1) is 0 Å². The van der Waals surface area contributed by atoms with Gasteiger partial charge in [0, 0.05) is 31.5 Å². The summed E-state index contributed by atoms with van der Waals surface area (Å²) in [6.45, 7) is 1.84. The number of alkyl carbamates (subject to hydrolysis) is 1. The number of ether oxygens (including phenoxy) is 2. The predicted molar refractivity (Wildman–Crippen MR) is 108 cm³/mol. The summed E-state index contributed by atoms with van der Waals surface area (Å²) < 4.78 is 9.84. The number of aliphatic hydroxyl groups is 2. The molecule has 0 bridgehead atoms. The fourth-order valence-corrected chi connectivity index (χ4v) is 3.61. The first-order valence-electron chi connectivity index (χ1n) is 8.87. The Morgan fingerprint density at radius 1 is 1.29 bits per heavy atom. The number of hydrogen-bond donors (Lipinski definition) is 4. The van der Waals surface area contributed by atoms with E-state index in [1.165, 1.54) is 0 Å². The van der Waals surface area contributed by atoms with Gasteiger partial charge in [-0.05, 0) is 29.3 Å². The van der Waals surface area contributed by atoms with Crippen LogP contribution in [0.2, 0.25) is 0 Å². The van der Waals surface area contributed by atoms with E-state index in [9.17, 15) is 14.7 Å². The van der Waals surface area contributed by atoms with Gasteiger partial charge < -0.3 is 30.3 Å². The molecule has 0 aliphatic rings. The van der Waals surface area contributed by atoms with Gasteiger partial charge in [0.1, 0.15) is 11.6 Å². The Balaban J connectivity index is 2.00. The summed E-state index contributed by atoms with van der Waals surface area (Å²) in [5.41, 5.74) is 0. The van der Waals surface area contributed by atoms with Crippen molar-refractivity contribution >= 4 is 33.6 Å². The fraction of sp³-hybridized carbons (Fsp3) is 0.588. The molecule has 0 aliphatic heterocycles. The molecular weight excluding hydrogens is 406 g/mol. The van der Waals surface area contributed by atoms with Crippen LogP contribution in [0.5, 0.6) is 0 Å². The minimum Gasteiger partial charge on any atom is -0.444 e. The third-order valence-corrected chi connectivity index (χ3v) is 5.54. The van der Waals surface area contributed by atoms with Crippen LogP contribution in [0.4, 0.5) is 4.79 Å². The van der Waals surface area contributed by atoms with Gasteiger partial charge in [0.2, 0.25) is 5.91 Å². The second-order valence-electron chi connectivity index (χ2n) is 5.50. The lowest BCUT2D eigenvalue weighted by molar-refractivity contribution is -0.165. The highest BCUT2D eigenvalue weighted by molar-refractivity contribution is 8.76. The molecule has 11 heteroatoms. The van der Waals surface area contributed by atoms with E-state index in [4.69, 9.17) is 14.6 Å². The zero-order valence-corrected chi connectivity index (χ0v) is 17.3. The van der Waals surface area contributed by atoms with Gasteiger partial charge in [-0.1, -0.05) is 23.8 Å². The van der Waals surface area contributed by atoms with Crippen LogP contribution in [-0.2, 0) is 14.3 Å². The molecule has 2 amide bonds. The lowest BCUT2D eigenvalue weighted by atomic mass is 10.3. The molecule has 0 saturated heterocycles. The normalized spacial score (nSPS) is 12.8. The lowest BCUT2D eigenvalue weighted by Gasteiger charge is -2.18. The van der Waals surface area contributed by atoms with Crippen molar-refractivity contribution in [1.29, 1.82) is 0 Å². The van der Waals surface area contributed by atoms with Crippen LogP contribution in [0.25, 0.3) is 0 Å². The van der Waals surface area contributed by atoms with Crippen molar-refractivity contribution in [3.05, 3.63) is 24.4 Å². The Morgan fingerprint density at radius 3 is 2.79 bits per heavy atom. The summed E-state index contributed by atoms with van der Waals surface area (Å²) >= 11 is 0. The van der Waals surface area contributed by atoms with Gasteiger partial charge in [-0.2, -0.15) is 0 Å². The maximum Gasteiger partial charge on any atom is 0.407 e. The van der Waals surface area contributed by atoms with Crippen LogP contribution >= 0.6 is 21.6 Å². The monoisotopic (exact) mass is 433 g/mol.